The van der Waals surface area contributed by atoms with E-state index in [-0.39, 0.29) is 5.91 Å². The standard InChI is InChI=1S/C15H14ClIN2O2/c1-2-21-13-5-3-4-11(18)14(13)15(20)19-12-7-6-9(17)8-10(12)16/h3-8H,2,18H2,1H3,(H,19,20). The Morgan fingerprint density at radius 3 is 2.81 bits per heavy atom. The van der Waals surface area contributed by atoms with E-state index in [9.17, 15) is 4.79 Å². The number of amides is 1. The molecule has 0 radical (unpaired) electrons. The van der Waals surface area contributed by atoms with Crippen LogP contribution in [0.2, 0.25) is 5.02 Å². The van der Waals surface area contributed by atoms with Crippen LogP contribution in [-0.2, 0) is 0 Å². The molecular weight excluding hydrogens is 403 g/mol. The molecule has 1 amide bonds. The minimum atomic E-state index is -0.348. The van der Waals surface area contributed by atoms with Crippen LogP contribution < -0.4 is 15.8 Å². The Kier molecular flexibility index (Phi) is 5.30. The zero-order valence-corrected chi connectivity index (χ0v) is 14.2. The fourth-order valence-corrected chi connectivity index (χ4v) is 2.75. The van der Waals surface area contributed by atoms with E-state index in [0.717, 1.165) is 3.57 Å². The number of nitrogens with two attached hydrogens (primary N) is 1. The van der Waals surface area contributed by atoms with Gasteiger partial charge in [-0.15, -0.1) is 0 Å². The van der Waals surface area contributed by atoms with Crippen LogP contribution in [0.15, 0.2) is 36.4 Å². The van der Waals surface area contributed by atoms with Crippen molar-refractivity contribution in [1.82, 2.24) is 0 Å². The lowest BCUT2D eigenvalue weighted by Crippen LogP contribution is -2.16. The van der Waals surface area contributed by atoms with Gasteiger partial charge in [-0.2, -0.15) is 0 Å². The Morgan fingerprint density at radius 1 is 1.38 bits per heavy atom. The van der Waals surface area contributed by atoms with Crippen molar-refractivity contribution in [3.05, 3.63) is 50.6 Å². The molecule has 6 heteroatoms. The maximum absolute atomic E-state index is 12.4. The molecule has 4 nitrogen and oxygen atoms in total. The molecule has 0 unspecified atom stereocenters. The lowest BCUT2D eigenvalue weighted by Gasteiger charge is -2.13. The van der Waals surface area contributed by atoms with E-state index >= 15 is 0 Å². The molecular formula is C15H14ClIN2O2. The summed E-state index contributed by atoms with van der Waals surface area (Å²) in [4.78, 5) is 12.4. The maximum Gasteiger partial charge on any atom is 0.261 e. The first-order chi connectivity index (χ1) is 10.0. The summed E-state index contributed by atoms with van der Waals surface area (Å²) < 4.78 is 6.44. The van der Waals surface area contributed by atoms with Crippen LogP contribution in [0.3, 0.4) is 0 Å². The van der Waals surface area contributed by atoms with Crippen molar-refractivity contribution in [3.63, 3.8) is 0 Å². The van der Waals surface area contributed by atoms with Gasteiger partial charge < -0.3 is 15.8 Å². The largest absolute Gasteiger partial charge is 0.493 e. The van der Waals surface area contributed by atoms with Gasteiger partial charge in [0.1, 0.15) is 11.3 Å². The van der Waals surface area contributed by atoms with Crippen LogP contribution >= 0.6 is 34.2 Å². The van der Waals surface area contributed by atoms with Gasteiger partial charge >= 0.3 is 0 Å². The van der Waals surface area contributed by atoms with E-state index in [1.165, 1.54) is 0 Å². The van der Waals surface area contributed by atoms with E-state index in [0.29, 0.717) is 34.3 Å². The highest BCUT2D eigenvalue weighted by Gasteiger charge is 2.17. The molecule has 0 atom stereocenters. The third kappa shape index (κ3) is 3.79. The van der Waals surface area contributed by atoms with Crippen molar-refractivity contribution in [3.8, 4) is 5.75 Å². The molecule has 2 rings (SSSR count). The second-order valence-corrected chi connectivity index (χ2v) is 5.88. The number of rotatable bonds is 4. The molecule has 0 saturated heterocycles. The van der Waals surface area contributed by atoms with Gasteiger partial charge in [0.15, 0.2) is 0 Å². The fourth-order valence-electron chi connectivity index (χ4n) is 1.84. The third-order valence-corrected chi connectivity index (χ3v) is 3.75. The van der Waals surface area contributed by atoms with Gasteiger partial charge in [-0.25, -0.2) is 0 Å². The number of carbonyl (C=O) groups is 1. The summed E-state index contributed by atoms with van der Waals surface area (Å²) in [6, 6.07) is 10.5. The summed E-state index contributed by atoms with van der Waals surface area (Å²) in [7, 11) is 0. The molecule has 0 bridgehead atoms. The van der Waals surface area contributed by atoms with Crippen molar-refractivity contribution < 1.29 is 9.53 Å². The van der Waals surface area contributed by atoms with Crippen LogP contribution in [0.1, 0.15) is 17.3 Å². The van der Waals surface area contributed by atoms with Gasteiger partial charge in [-0.05, 0) is 59.8 Å². The molecule has 2 aromatic carbocycles. The molecule has 2 aromatic rings. The Balaban J connectivity index is 2.32. The third-order valence-electron chi connectivity index (χ3n) is 2.76. The minimum absolute atomic E-state index is 0.314. The van der Waals surface area contributed by atoms with Gasteiger partial charge in [0.2, 0.25) is 0 Å². The molecule has 0 aliphatic rings. The Bertz CT molecular complexity index is 677. The number of halogens is 2. The summed E-state index contributed by atoms with van der Waals surface area (Å²) >= 11 is 8.27. The van der Waals surface area contributed by atoms with E-state index in [4.69, 9.17) is 22.1 Å². The normalized spacial score (nSPS) is 10.2. The summed E-state index contributed by atoms with van der Waals surface area (Å²) in [5.41, 5.74) is 7.10. The number of anilines is 2. The average Bonchev–Trinajstić information content (AvgIpc) is 2.42. The van der Waals surface area contributed by atoms with Gasteiger partial charge in [-0.3, -0.25) is 4.79 Å². The lowest BCUT2D eigenvalue weighted by molar-refractivity contribution is 0.102. The van der Waals surface area contributed by atoms with Crippen molar-refractivity contribution >= 4 is 51.5 Å². The molecule has 0 aromatic heterocycles. The van der Waals surface area contributed by atoms with Crippen molar-refractivity contribution in [2.24, 2.45) is 0 Å². The predicted molar refractivity (Wildman–Crippen MR) is 94.1 cm³/mol. The number of hydrogen-bond donors (Lipinski definition) is 2. The topological polar surface area (TPSA) is 64.3 Å². The molecule has 3 N–H and O–H groups in total. The number of hydrogen-bond acceptors (Lipinski definition) is 3. The van der Waals surface area contributed by atoms with Crippen LogP contribution in [0.5, 0.6) is 5.75 Å². The molecule has 21 heavy (non-hydrogen) atoms. The number of ether oxygens (including phenoxy) is 1. The molecule has 0 fully saturated rings. The first-order valence-corrected chi connectivity index (χ1v) is 7.76. The van der Waals surface area contributed by atoms with Gasteiger partial charge in [0.05, 0.1) is 17.3 Å². The van der Waals surface area contributed by atoms with Gasteiger partial charge in [-0.1, -0.05) is 17.7 Å². The quantitative estimate of drug-likeness (QED) is 0.580. The van der Waals surface area contributed by atoms with Crippen LogP contribution in [0.4, 0.5) is 11.4 Å². The second kappa shape index (κ2) is 7.00. The Labute approximate surface area is 141 Å². The smallest absolute Gasteiger partial charge is 0.261 e. The Hall–Kier alpha value is -1.47. The molecule has 0 aliphatic heterocycles. The Morgan fingerprint density at radius 2 is 2.14 bits per heavy atom. The molecule has 0 aliphatic carbocycles. The lowest BCUT2D eigenvalue weighted by atomic mass is 10.1. The summed E-state index contributed by atoms with van der Waals surface area (Å²) in [6.07, 6.45) is 0. The second-order valence-electron chi connectivity index (χ2n) is 4.23. The summed E-state index contributed by atoms with van der Waals surface area (Å²) in [5.74, 6) is 0.108. The van der Waals surface area contributed by atoms with E-state index in [2.05, 4.69) is 27.9 Å². The van der Waals surface area contributed by atoms with E-state index in [1.54, 1.807) is 30.3 Å². The maximum atomic E-state index is 12.4. The van der Waals surface area contributed by atoms with Crippen LogP contribution in [0.25, 0.3) is 0 Å². The SMILES string of the molecule is CCOc1cccc(N)c1C(=O)Nc1ccc(I)cc1Cl. The number of carbonyl (C=O) groups excluding carboxylic acids is 1. The number of nitrogen functional groups attached to an aromatic ring is 1. The summed E-state index contributed by atoms with van der Waals surface area (Å²) in [5, 5.41) is 3.23. The molecule has 110 valence electrons. The van der Waals surface area contributed by atoms with Crippen molar-refractivity contribution in [2.75, 3.05) is 17.7 Å². The number of benzene rings is 2. The number of nitrogens with one attached hydrogen (secondary N) is 1. The van der Waals surface area contributed by atoms with Crippen LogP contribution in [0, 0.1) is 3.57 Å². The summed E-state index contributed by atoms with van der Waals surface area (Å²) in [6.45, 7) is 2.30. The highest BCUT2D eigenvalue weighted by Crippen LogP contribution is 2.28. The highest BCUT2D eigenvalue weighted by atomic mass is 127. The van der Waals surface area contributed by atoms with Crippen LogP contribution in [-0.4, -0.2) is 12.5 Å². The van der Waals surface area contributed by atoms with E-state index in [1.807, 2.05) is 13.0 Å². The predicted octanol–water partition coefficient (Wildman–Crippen LogP) is 4.18. The van der Waals surface area contributed by atoms with E-state index < -0.39 is 0 Å². The molecule has 0 spiro atoms. The van der Waals surface area contributed by atoms with Gasteiger partial charge in [0.25, 0.3) is 5.91 Å². The zero-order chi connectivity index (χ0) is 15.4. The fraction of sp³-hybridized carbons (Fsp3) is 0.133. The van der Waals surface area contributed by atoms with Crippen molar-refractivity contribution in [1.29, 1.82) is 0 Å². The minimum Gasteiger partial charge on any atom is -0.493 e. The zero-order valence-electron chi connectivity index (χ0n) is 11.3. The molecule has 0 saturated carbocycles. The first-order valence-electron chi connectivity index (χ1n) is 6.30. The molecule has 0 heterocycles. The first kappa shape index (κ1) is 15.9. The van der Waals surface area contributed by atoms with Gasteiger partial charge in [0, 0.05) is 9.26 Å². The van der Waals surface area contributed by atoms with Crippen molar-refractivity contribution in [2.45, 2.75) is 6.92 Å². The average molecular weight is 417 g/mol. The monoisotopic (exact) mass is 416 g/mol. The highest BCUT2D eigenvalue weighted by molar-refractivity contribution is 14.1.